The summed E-state index contributed by atoms with van der Waals surface area (Å²) in [5.74, 6) is -1.72. The van der Waals surface area contributed by atoms with Gasteiger partial charge in [-0.3, -0.25) is 0 Å². The van der Waals surface area contributed by atoms with E-state index in [9.17, 15) is 30.3 Å². The number of rotatable bonds is 4. The van der Waals surface area contributed by atoms with E-state index in [0.717, 1.165) is 0 Å². The number of esters is 1. The van der Waals surface area contributed by atoms with Gasteiger partial charge in [-0.2, -0.15) is 0 Å². The Morgan fingerprint density at radius 1 is 1.25 bits per heavy atom. The number of fused-ring (bicyclic) bond motifs is 1. The highest BCUT2D eigenvalue weighted by molar-refractivity contribution is 5.89. The molecule has 0 aromatic rings. The van der Waals surface area contributed by atoms with E-state index in [1.54, 1.807) is 6.92 Å². The minimum absolute atomic E-state index is 0.0739. The van der Waals surface area contributed by atoms with Crippen LogP contribution in [-0.4, -0.2) is 87.8 Å². The molecule has 1 saturated heterocycles. The van der Waals surface area contributed by atoms with Crippen molar-refractivity contribution in [3.63, 3.8) is 0 Å². The highest BCUT2D eigenvalue weighted by Crippen LogP contribution is 2.52. The Kier molecular flexibility index (Phi) is 6.02. The number of aliphatic hydroxyl groups is 5. The zero-order valence-corrected chi connectivity index (χ0v) is 16.0. The van der Waals surface area contributed by atoms with Gasteiger partial charge in [-0.1, -0.05) is 6.92 Å². The molecule has 2 heterocycles. The molecular weight excluding hydrogens is 376 g/mol. The second-order valence-corrected chi connectivity index (χ2v) is 7.99. The van der Waals surface area contributed by atoms with Crippen molar-refractivity contribution in [3.8, 4) is 0 Å². The predicted molar refractivity (Wildman–Crippen MR) is 91.2 cm³/mol. The van der Waals surface area contributed by atoms with E-state index in [1.807, 2.05) is 6.92 Å². The highest BCUT2D eigenvalue weighted by atomic mass is 16.8. The van der Waals surface area contributed by atoms with Crippen LogP contribution in [0.25, 0.3) is 0 Å². The Bertz CT molecular complexity index is 617. The number of carbonyl (C=O) groups excluding carboxylic acids is 1. The Morgan fingerprint density at radius 2 is 1.93 bits per heavy atom. The fraction of sp³-hybridized carbons (Fsp3) is 0.833. The lowest BCUT2D eigenvalue weighted by Crippen LogP contribution is -2.60. The molecule has 0 spiro atoms. The summed E-state index contributed by atoms with van der Waals surface area (Å²) in [7, 11) is 1.26. The van der Waals surface area contributed by atoms with Crippen LogP contribution >= 0.6 is 0 Å². The summed E-state index contributed by atoms with van der Waals surface area (Å²) in [4.78, 5) is 12.1. The van der Waals surface area contributed by atoms with Gasteiger partial charge < -0.3 is 44.5 Å². The van der Waals surface area contributed by atoms with Crippen molar-refractivity contribution in [2.75, 3.05) is 13.7 Å². The molecule has 1 aliphatic carbocycles. The minimum Gasteiger partial charge on any atom is -0.471 e. The summed E-state index contributed by atoms with van der Waals surface area (Å²) >= 11 is 0. The maximum atomic E-state index is 12.1. The third-order valence-electron chi connectivity index (χ3n) is 5.97. The summed E-state index contributed by atoms with van der Waals surface area (Å²) in [5.41, 5.74) is -0.956. The van der Waals surface area contributed by atoms with Crippen LogP contribution in [0.3, 0.4) is 0 Å². The van der Waals surface area contributed by atoms with Gasteiger partial charge in [-0.25, -0.2) is 4.79 Å². The summed E-state index contributed by atoms with van der Waals surface area (Å²) < 4.78 is 21.4. The molecule has 1 saturated carbocycles. The molecule has 10 nitrogen and oxygen atoms in total. The Morgan fingerprint density at radius 3 is 2.54 bits per heavy atom. The van der Waals surface area contributed by atoms with Crippen molar-refractivity contribution < 1.29 is 49.3 Å². The van der Waals surface area contributed by atoms with Gasteiger partial charge in [-0.05, 0) is 19.3 Å². The molecule has 2 fully saturated rings. The number of aliphatic hydroxyl groups excluding tert-OH is 4. The van der Waals surface area contributed by atoms with Crippen LogP contribution in [0.5, 0.6) is 0 Å². The molecule has 10 heteroatoms. The molecule has 0 amide bonds. The summed E-state index contributed by atoms with van der Waals surface area (Å²) in [5, 5.41) is 50.3. The number of methoxy groups -OCH3 is 1. The van der Waals surface area contributed by atoms with Gasteiger partial charge in [0.25, 0.3) is 0 Å². The monoisotopic (exact) mass is 404 g/mol. The zero-order chi connectivity index (χ0) is 20.8. The number of ether oxygens (including phenoxy) is 4. The second-order valence-electron chi connectivity index (χ2n) is 7.99. The van der Waals surface area contributed by atoms with Gasteiger partial charge in [0.15, 0.2) is 6.29 Å². The lowest BCUT2D eigenvalue weighted by molar-refractivity contribution is -0.346. The largest absolute Gasteiger partial charge is 0.471 e. The SMILES string of the molecule is COC(=O)C1=COC(OC2OC(CO)C(O)C(O)C2O)C2C1C(C)CC2(C)O. The van der Waals surface area contributed by atoms with E-state index in [2.05, 4.69) is 0 Å². The second kappa shape index (κ2) is 7.86. The quantitative estimate of drug-likeness (QED) is 0.340. The molecule has 28 heavy (non-hydrogen) atoms. The zero-order valence-electron chi connectivity index (χ0n) is 16.0. The molecule has 3 rings (SSSR count). The van der Waals surface area contributed by atoms with Crippen LogP contribution in [0.2, 0.25) is 0 Å². The molecule has 10 atom stereocenters. The van der Waals surface area contributed by atoms with Gasteiger partial charge in [0.1, 0.15) is 24.4 Å². The first kappa shape index (κ1) is 21.4. The Labute approximate surface area is 162 Å². The minimum atomic E-state index is -1.60. The number of hydrogen-bond donors (Lipinski definition) is 5. The third-order valence-corrected chi connectivity index (χ3v) is 5.97. The molecule has 0 radical (unpaired) electrons. The summed E-state index contributed by atoms with van der Waals surface area (Å²) in [6.07, 6.45) is -6.75. The van der Waals surface area contributed by atoms with Crippen LogP contribution in [0, 0.1) is 17.8 Å². The van der Waals surface area contributed by atoms with E-state index in [4.69, 9.17) is 18.9 Å². The predicted octanol–water partition coefficient (Wildman–Crippen LogP) is -1.76. The lowest BCUT2D eigenvalue weighted by atomic mass is 9.79. The fourth-order valence-electron chi connectivity index (χ4n) is 4.65. The maximum Gasteiger partial charge on any atom is 0.337 e. The normalized spacial score (nSPS) is 48.4. The average Bonchev–Trinajstić information content (AvgIpc) is 2.91. The topological polar surface area (TPSA) is 155 Å². The van der Waals surface area contributed by atoms with Crippen LogP contribution < -0.4 is 0 Å². The van der Waals surface area contributed by atoms with Gasteiger partial charge in [0.2, 0.25) is 6.29 Å². The molecule has 160 valence electrons. The first-order valence-electron chi connectivity index (χ1n) is 9.24. The van der Waals surface area contributed by atoms with Gasteiger partial charge >= 0.3 is 5.97 Å². The summed E-state index contributed by atoms with van der Waals surface area (Å²) in [6, 6.07) is 0. The first-order valence-corrected chi connectivity index (χ1v) is 9.24. The van der Waals surface area contributed by atoms with E-state index in [0.29, 0.717) is 6.42 Å². The van der Waals surface area contributed by atoms with E-state index >= 15 is 0 Å². The van der Waals surface area contributed by atoms with Crippen molar-refractivity contribution in [2.45, 2.75) is 62.9 Å². The van der Waals surface area contributed by atoms with Crippen LogP contribution in [0.4, 0.5) is 0 Å². The van der Waals surface area contributed by atoms with Crippen molar-refractivity contribution >= 4 is 5.97 Å². The fourth-order valence-corrected chi connectivity index (χ4v) is 4.65. The van der Waals surface area contributed by atoms with Gasteiger partial charge in [0, 0.05) is 5.92 Å². The molecule has 5 N–H and O–H groups in total. The van der Waals surface area contributed by atoms with Crippen molar-refractivity contribution in [1.29, 1.82) is 0 Å². The smallest absolute Gasteiger partial charge is 0.337 e. The Hall–Kier alpha value is -1.27. The standard InChI is InChI=1S/C18H28O10/c1-7-4-18(2,24)11-10(7)8(15(23)25-3)6-26-16(11)28-17-14(22)13(21)12(20)9(5-19)27-17/h6-7,9-14,16-17,19-22,24H,4-5H2,1-3H3. The third kappa shape index (κ3) is 3.54. The van der Waals surface area contributed by atoms with Gasteiger partial charge in [-0.15, -0.1) is 0 Å². The van der Waals surface area contributed by atoms with Crippen molar-refractivity contribution in [1.82, 2.24) is 0 Å². The molecule has 0 aromatic heterocycles. The van der Waals surface area contributed by atoms with E-state index in [-0.39, 0.29) is 11.5 Å². The molecule has 0 bridgehead atoms. The average molecular weight is 404 g/mol. The molecule has 10 unspecified atom stereocenters. The molecule has 3 aliphatic rings. The van der Waals surface area contributed by atoms with E-state index < -0.39 is 67.0 Å². The Balaban J connectivity index is 1.86. The van der Waals surface area contributed by atoms with Gasteiger partial charge in [0.05, 0.1) is 37.1 Å². The number of carbonyl (C=O) groups is 1. The van der Waals surface area contributed by atoms with Crippen LogP contribution in [0.15, 0.2) is 11.8 Å². The molecule has 0 aromatic carbocycles. The van der Waals surface area contributed by atoms with Crippen molar-refractivity contribution in [2.24, 2.45) is 17.8 Å². The van der Waals surface area contributed by atoms with Crippen LogP contribution in [0.1, 0.15) is 20.3 Å². The lowest BCUT2D eigenvalue weighted by Gasteiger charge is -2.44. The van der Waals surface area contributed by atoms with Crippen LogP contribution in [-0.2, 0) is 23.7 Å². The first-order chi connectivity index (χ1) is 13.1. The number of hydrogen-bond acceptors (Lipinski definition) is 10. The molecule has 2 aliphatic heterocycles. The maximum absolute atomic E-state index is 12.1. The molecular formula is C18H28O10. The summed E-state index contributed by atoms with van der Waals surface area (Å²) in [6.45, 7) is 2.91. The van der Waals surface area contributed by atoms with Crippen molar-refractivity contribution in [3.05, 3.63) is 11.8 Å². The van der Waals surface area contributed by atoms with E-state index in [1.165, 1.54) is 13.4 Å². The highest BCUT2D eigenvalue weighted by Gasteiger charge is 2.58.